The van der Waals surface area contributed by atoms with Crippen molar-refractivity contribution in [2.24, 2.45) is 11.1 Å². The summed E-state index contributed by atoms with van der Waals surface area (Å²) in [6, 6.07) is 5.12. The topological polar surface area (TPSA) is 26.0 Å². The van der Waals surface area contributed by atoms with Gasteiger partial charge in [-0.2, -0.15) is 0 Å². The highest BCUT2D eigenvalue weighted by molar-refractivity contribution is 6.30. The Morgan fingerprint density at radius 1 is 1.53 bits per heavy atom. The molecule has 0 heterocycles. The number of hydrogen-bond donors (Lipinski definition) is 1. The van der Waals surface area contributed by atoms with Crippen molar-refractivity contribution in [1.82, 2.24) is 0 Å². The van der Waals surface area contributed by atoms with Crippen LogP contribution >= 0.6 is 11.6 Å². The molecule has 82 valence electrons. The lowest BCUT2D eigenvalue weighted by molar-refractivity contribution is 0.427. The van der Waals surface area contributed by atoms with E-state index in [1.165, 1.54) is 0 Å². The van der Waals surface area contributed by atoms with Gasteiger partial charge in [0.2, 0.25) is 0 Å². The van der Waals surface area contributed by atoms with Crippen LogP contribution in [-0.2, 0) is 6.42 Å². The molecule has 1 saturated carbocycles. The lowest BCUT2D eigenvalue weighted by Gasteiger charge is -2.19. The maximum absolute atomic E-state index is 13.6. The van der Waals surface area contributed by atoms with Crippen molar-refractivity contribution in [2.45, 2.75) is 32.2 Å². The van der Waals surface area contributed by atoms with E-state index in [0.29, 0.717) is 12.0 Å². The third-order valence-electron chi connectivity index (χ3n) is 3.41. The van der Waals surface area contributed by atoms with E-state index in [2.05, 4.69) is 6.92 Å². The lowest BCUT2D eigenvalue weighted by atomic mass is 9.93. The predicted octanol–water partition coefficient (Wildman–Crippen LogP) is 3.15. The van der Waals surface area contributed by atoms with Gasteiger partial charge >= 0.3 is 0 Å². The molecule has 1 atom stereocenters. The summed E-state index contributed by atoms with van der Waals surface area (Å²) in [5.74, 6) is -0.320. The summed E-state index contributed by atoms with van der Waals surface area (Å²) < 4.78 is 13.6. The van der Waals surface area contributed by atoms with E-state index in [1.807, 2.05) is 0 Å². The summed E-state index contributed by atoms with van der Waals surface area (Å²) in [6.45, 7) is 2.15. The molecule has 2 N–H and O–H groups in total. The average Bonchev–Trinajstić information content (AvgIpc) is 2.93. The normalized spacial score (nSPS) is 20.0. The summed E-state index contributed by atoms with van der Waals surface area (Å²) in [4.78, 5) is 0. The number of hydrogen-bond acceptors (Lipinski definition) is 1. The third-order valence-corrected chi connectivity index (χ3v) is 3.70. The SMILES string of the molecule is CC1(C(N)Cc2cccc(Cl)c2F)CC1. The largest absolute Gasteiger partial charge is 0.327 e. The van der Waals surface area contributed by atoms with Crippen molar-refractivity contribution in [1.29, 1.82) is 0 Å². The van der Waals surface area contributed by atoms with E-state index in [1.54, 1.807) is 18.2 Å². The minimum Gasteiger partial charge on any atom is -0.327 e. The van der Waals surface area contributed by atoms with Crippen LogP contribution in [-0.4, -0.2) is 6.04 Å². The fourth-order valence-corrected chi connectivity index (χ4v) is 1.95. The van der Waals surface area contributed by atoms with Gasteiger partial charge < -0.3 is 5.73 Å². The molecule has 0 aromatic heterocycles. The maximum atomic E-state index is 13.6. The Labute approximate surface area is 94.4 Å². The minimum absolute atomic E-state index is 0.0328. The van der Waals surface area contributed by atoms with Gasteiger partial charge in [0.05, 0.1) is 5.02 Å². The molecule has 1 aliphatic carbocycles. The predicted molar refractivity (Wildman–Crippen MR) is 60.4 cm³/mol. The molecule has 3 heteroatoms. The Morgan fingerprint density at radius 2 is 2.20 bits per heavy atom. The van der Waals surface area contributed by atoms with E-state index < -0.39 is 0 Å². The zero-order valence-corrected chi connectivity index (χ0v) is 9.52. The second-order valence-electron chi connectivity index (χ2n) is 4.68. The van der Waals surface area contributed by atoms with Crippen molar-refractivity contribution >= 4 is 11.6 Å². The molecule has 0 amide bonds. The highest BCUT2D eigenvalue weighted by atomic mass is 35.5. The van der Waals surface area contributed by atoms with Gasteiger partial charge in [0, 0.05) is 6.04 Å². The van der Waals surface area contributed by atoms with Crippen LogP contribution in [0.1, 0.15) is 25.3 Å². The Bertz CT molecular complexity index is 374. The zero-order valence-electron chi connectivity index (χ0n) is 8.76. The second-order valence-corrected chi connectivity index (χ2v) is 5.08. The highest BCUT2D eigenvalue weighted by Crippen LogP contribution is 2.48. The van der Waals surface area contributed by atoms with Crippen molar-refractivity contribution < 1.29 is 4.39 Å². The van der Waals surface area contributed by atoms with Crippen molar-refractivity contribution in [2.75, 3.05) is 0 Å². The van der Waals surface area contributed by atoms with E-state index in [4.69, 9.17) is 17.3 Å². The van der Waals surface area contributed by atoms with Gasteiger partial charge in [0.25, 0.3) is 0 Å². The van der Waals surface area contributed by atoms with Crippen LogP contribution in [0.4, 0.5) is 4.39 Å². The molecule has 0 spiro atoms. The van der Waals surface area contributed by atoms with Crippen LogP contribution in [0.5, 0.6) is 0 Å². The Kier molecular flexibility index (Phi) is 2.73. The van der Waals surface area contributed by atoms with Crippen molar-refractivity contribution in [3.63, 3.8) is 0 Å². The first-order valence-corrected chi connectivity index (χ1v) is 5.59. The Morgan fingerprint density at radius 3 is 2.80 bits per heavy atom. The van der Waals surface area contributed by atoms with Crippen LogP contribution < -0.4 is 5.73 Å². The maximum Gasteiger partial charge on any atom is 0.145 e. The molecular formula is C12H15ClFN. The van der Waals surface area contributed by atoms with E-state index in [9.17, 15) is 4.39 Å². The molecule has 0 saturated heterocycles. The van der Waals surface area contributed by atoms with E-state index in [0.717, 1.165) is 12.8 Å². The molecule has 1 unspecified atom stereocenters. The summed E-state index contributed by atoms with van der Waals surface area (Å²) in [7, 11) is 0. The fraction of sp³-hybridized carbons (Fsp3) is 0.500. The molecule has 1 aromatic rings. The molecule has 0 bridgehead atoms. The summed E-state index contributed by atoms with van der Waals surface area (Å²) in [5.41, 5.74) is 6.90. The summed E-state index contributed by atoms with van der Waals surface area (Å²) >= 11 is 5.71. The van der Waals surface area contributed by atoms with Crippen molar-refractivity contribution in [3.05, 3.63) is 34.6 Å². The molecule has 1 aliphatic rings. The van der Waals surface area contributed by atoms with Gasteiger partial charge in [-0.3, -0.25) is 0 Å². The first-order chi connectivity index (χ1) is 7.03. The van der Waals surface area contributed by atoms with Crippen LogP contribution in [0, 0.1) is 11.2 Å². The van der Waals surface area contributed by atoms with Gasteiger partial charge in [0.1, 0.15) is 5.82 Å². The summed E-state index contributed by atoms with van der Waals surface area (Å²) in [5, 5.41) is 0.181. The van der Waals surface area contributed by atoms with E-state index >= 15 is 0 Å². The zero-order chi connectivity index (χ0) is 11.1. The van der Waals surface area contributed by atoms with E-state index in [-0.39, 0.29) is 22.3 Å². The molecule has 1 nitrogen and oxygen atoms in total. The minimum atomic E-state index is -0.320. The Hall–Kier alpha value is -0.600. The smallest absolute Gasteiger partial charge is 0.145 e. The fourth-order valence-electron chi connectivity index (χ4n) is 1.76. The molecule has 0 radical (unpaired) electrons. The number of rotatable bonds is 3. The number of halogens is 2. The van der Waals surface area contributed by atoms with Crippen LogP contribution in [0.15, 0.2) is 18.2 Å². The van der Waals surface area contributed by atoms with Gasteiger partial charge in [-0.1, -0.05) is 30.7 Å². The standard InChI is InChI=1S/C12H15ClFN/c1-12(5-6-12)10(15)7-8-3-2-4-9(13)11(8)14/h2-4,10H,5-7,15H2,1H3. The molecular weight excluding hydrogens is 213 g/mol. The summed E-state index contributed by atoms with van der Waals surface area (Å²) in [6.07, 6.45) is 2.87. The van der Waals surface area contributed by atoms with Crippen LogP contribution in [0.25, 0.3) is 0 Å². The lowest BCUT2D eigenvalue weighted by Crippen LogP contribution is -2.32. The van der Waals surface area contributed by atoms with Crippen LogP contribution in [0.2, 0.25) is 5.02 Å². The number of nitrogens with two attached hydrogens (primary N) is 1. The molecule has 0 aliphatic heterocycles. The monoisotopic (exact) mass is 227 g/mol. The highest BCUT2D eigenvalue weighted by Gasteiger charge is 2.42. The van der Waals surface area contributed by atoms with Gasteiger partial charge in [-0.05, 0) is 36.3 Å². The number of benzene rings is 1. The quantitative estimate of drug-likeness (QED) is 0.844. The molecule has 1 fully saturated rings. The van der Waals surface area contributed by atoms with Crippen LogP contribution in [0.3, 0.4) is 0 Å². The first kappa shape index (κ1) is 10.9. The average molecular weight is 228 g/mol. The van der Waals surface area contributed by atoms with Gasteiger partial charge in [-0.25, -0.2) is 4.39 Å². The molecule has 1 aromatic carbocycles. The first-order valence-electron chi connectivity index (χ1n) is 5.21. The van der Waals surface area contributed by atoms with Crippen molar-refractivity contribution in [3.8, 4) is 0 Å². The molecule has 15 heavy (non-hydrogen) atoms. The van der Waals surface area contributed by atoms with Gasteiger partial charge in [-0.15, -0.1) is 0 Å². The third kappa shape index (κ3) is 2.16. The van der Waals surface area contributed by atoms with Gasteiger partial charge in [0.15, 0.2) is 0 Å². The second kappa shape index (κ2) is 3.76. The molecule has 2 rings (SSSR count). The Balaban J connectivity index is 2.14.